The molecule has 0 saturated heterocycles. The van der Waals surface area contributed by atoms with E-state index in [0.29, 0.717) is 5.56 Å². The average molecular weight is 401 g/mol. The van der Waals surface area contributed by atoms with E-state index in [0.717, 1.165) is 18.4 Å². The summed E-state index contributed by atoms with van der Waals surface area (Å²) in [6.45, 7) is 1.24. The summed E-state index contributed by atoms with van der Waals surface area (Å²) in [7, 11) is -3.31. The number of sulfone groups is 1. The van der Waals surface area contributed by atoms with Gasteiger partial charge in [-0.05, 0) is 42.8 Å². The second-order valence-electron chi connectivity index (χ2n) is 5.94. The fourth-order valence-electron chi connectivity index (χ4n) is 2.28. The summed E-state index contributed by atoms with van der Waals surface area (Å²) in [5.74, 6) is -0.586. The zero-order chi connectivity index (χ0) is 20.2. The van der Waals surface area contributed by atoms with Crippen LogP contribution < -0.4 is 10.1 Å². The Balaban J connectivity index is 1.94. The third-order valence-electron chi connectivity index (χ3n) is 3.72. The Bertz CT molecular complexity index is 909. The third-order valence-corrected chi connectivity index (χ3v) is 4.85. The third kappa shape index (κ3) is 5.99. The number of carbonyl (C=O) groups is 1. The van der Waals surface area contributed by atoms with E-state index in [4.69, 9.17) is 4.74 Å². The van der Waals surface area contributed by atoms with E-state index < -0.39 is 40.1 Å². The molecule has 1 amide bonds. The van der Waals surface area contributed by atoms with Crippen LogP contribution >= 0.6 is 0 Å². The Hall–Kier alpha value is -2.55. The zero-order valence-corrected chi connectivity index (χ0v) is 15.4. The highest BCUT2D eigenvalue weighted by Crippen LogP contribution is 2.31. The summed E-state index contributed by atoms with van der Waals surface area (Å²) in [4.78, 5) is 12.1. The normalized spacial score (nSPS) is 13.1. The lowest BCUT2D eigenvalue weighted by Crippen LogP contribution is -2.31. The van der Waals surface area contributed by atoms with Crippen molar-refractivity contribution in [2.24, 2.45) is 0 Å². The number of ether oxygens (including phenoxy) is 1. The molecule has 27 heavy (non-hydrogen) atoms. The monoisotopic (exact) mass is 401 g/mol. The number of nitrogens with one attached hydrogen (secondary N) is 1. The van der Waals surface area contributed by atoms with E-state index in [2.05, 4.69) is 5.32 Å². The van der Waals surface area contributed by atoms with E-state index in [-0.39, 0.29) is 10.6 Å². The quantitative estimate of drug-likeness (QED) is 0.806. The number of hydrogen-bond donors (Lipinski definition) is 1. The molecule has 2 aromatic carbocycles. The fourth-order valence-corrected chi connectivity index (χ4v) is 2.91. The Morgan fingerprint density at radius 2 is 1.78 bits per heavy atom. The molecule has 0 aliphatic carbocycles. The summed E-state index contributed by atoms with van der Waals surface area (Å²) < 4.78 is 66.0. The maximum absolute atomic E-state index is 12.7. The maximum atomic E-state index is 12.7. The molecule has 0 aromatic heterocycles. The van der Waals surface area contributed by atoms with Gasteiger partial charge in [0, 0.05) is 6.26 Å². The molecule has 0 bridgehead atoms. The first-order valence-electron chi connectivity index (χ1n) is 7.86. The molecule has 0 aliphatic rings. The zero-order valence-electron chi connectivity index (χ0n) is 14.6. The van der Waals surface area contributed by atoms with Gasteiger partial charge in [0.25, 0.3) is 5.91 Å². The topological polar surface area (TPSA) is 72.5 Å². The molecule has 0 spiro atoms. The van der Waals surface area contributed by atoms with Crippen LogP contribution in [0.25, 0.3) is 0 Å². The van der Waals surface area contributed by atoms with Crippen molar-refractivity contribution < 1.29 is 31.1 Å². The number of benzene rings is 2. The van der Waals surface area contributed by atoms with Crippen LogP contribution in [0, 0.1) is 0 Å². The first-order chi connectivity index (χ1) is 12.5. The van der Waals surface area contributed by atoms with Gasteiger partial charge in [-0.15, -0.1) is 0 Å². The van der Waals surface area contributed by atoms with Gasteiger partial charge in [0.2, 0.25) is 0 Å². The Kier molecular flexibility index (Phi) is 6.15. The number of halogens is 3. The van der Waals surface area contributed by atoms with Gasteiger partial charge in [-0.25, -0.2) is 8.42 Å². The second-order valence-corrected chi connectivity index (χ2v) is 7.96. The summed E-state index contributed by atoms with van der Waals surface area (Å²) in [5.41, 5.74) is -0.186. The van der Waals surface area contributed by atoms with E-state index >= 15 is 0 Å². The fraction of sp³-hybridized carbons (Fsp3) is 0.278. The van der Waals surface area contributed by atoms with Crippen molar-refractivity contribution in [1.82, 2.24) is 5.32 Å². The van der Waals surface area contributed by atoms with Crippen molar-refractivity contribution in [3.63, 3.8) is 0 Å². The molecular formula is C18H18F3NO4S. The minimum absolute atomic E-state index is 0.0647. The minimum Gasteiger partial charge on any atom is -0.484 e. The van der Waals surface area contributed by atoms with E-state index in [1.54, 1.807) is 19.1 Å². The van der Waals surface area contributed by atoms with Crippen LogP contribution in [0.2, 0.25) is 0 Å². The van der Waals surface area contributed by atoms with Gasteiger partial charge in [-0.1, -0.05) is 18.2 Å². The average Bonchev–Trinajstić information content (AvgIpc) is 2.59. The van der Waals surface area contributed by atoms with Gasteiger partial charge in [-0.2, -0.15) is 13.2 Å². The molecule has 146 valence electrons. The summed E-state index contributed by atoms with van der Waals surface area (Å²) in [6.07, 6.45) is -3.40. The van der Waals surface area contributed by atoms with Gasteiger partial charge in [0.15, 0.2) is 16.4 Å². The smallest absolute Gasteiger partial charge is 0.416 e. The van der Waals surface area contributed by atoms with Gasteiger partial charge in [-0.3, -0.25) is 4.79 Å². The van der Waals surface area contributed by atoms with Crippen LogP contribution in [0.15, 0.2) is 53.4 Å². The molecule has 0 saturated carbocycles. The molecule has 2 aromatic rings. The van der Waals surface area contributed by atoms with E-state index in [1.807, 2.05) is 0 Å². The van der Waals surface area contributed by atoms with Crippen LogP contribution in [0.1, 0.15) is 24.1 Å². The highest BCUT2D eigenvalue weighted by molar-refractivity contribution is 7.90. The number of hydrogen-bond acceptors (Lipinski definition) is 4. The van der Waals surface area contributed by atoms with Crippen LogP contribution in [-0.4, -0.2) is 27.2 Å². The predicted molar refractivity (Wildman–Crippen MR) is 93.0 cm³/mol. The highest BCUT2D eigenvalue weighted by Gasteiger charge is 2.30. The lowest BCUT2D eigenvalue weighted by Gasteiger charge is -2.15. The lowest BCUT2D eigenvalue weighted by atomic mass is 10.1. The Morgan fingerprint density at radius 1 is 1.15 bits per heavy atom. The number of amides is 1. The molecule has 2 rings (SSSR count). The SMILES string of the molecule is CC(NC(=O)COc1cccc(C(F)(F)F)c1)c1ccc(S(C)(=O)=O)cc1. The molecule has 0 radical (unpaired) electrons. The van der Waals surface area contributed by atoms with Crippen LogP contribution in [0.4, 0.5) is 13.2 Å². The molecule has 1 N–H and O–H groups in total. The van der Waals surface area contributed by atoms with E-state index in [1.165, 1.54) is 24.3 Å². The van der Waals surface area contributed by atoms with Gasteiger partial charge >= 0.3 is 6.18 Å². The maximum Gasteiger partial charge on any atom is 0.416 e. The van der Waals surface area contributed by atoms with Crippen LogP contribution in [0.5, 0.6) is 5.75 Å². The molecule has 0 fully saturated rings. The molecular weight excluding hydrogens is 383 g/mol. The predicted octanol–water partition coefficient (Wildman–Crippen LogP) is 3.37. The minimum atomic E-state index is -4.49. The first kappa shape index (κ1) is 20.8. The Morgan fingerprint density at radius 3 is 2.33 bits per heavy atom. The van der Waals surface area contributed by atoms with Gasteiger partial charge < -0.3 is 10.1 Å². The first-order valence-corrected chi connectivity index (χ1v) is 9.75. The Labute approximate surface area is 155 Å². The second kappa shape index (κ2) is 7.99. The van der Waals surface area contributed by atoms with Crippen molar-refractivity contribution in [2.75, 3.05) is 12.9 Å². The van der Waals surface area contributed by atoms with Gasteiger partial charge in [0.1, 0.15) is 5.75 Å². The molecule has 0 aliphatic heterocycles. The van der Waals surface area contributed by atoms with Crippen molar-refractivity contribution in [2.45, 2.75) is 24.0 Å². The number of alkyl halides is 3. The number of rotatable bonds is 6. The van der Waals surface area contributed by atoms with Crippen LogP contribution in [-0.2, 0) is 20.8 Å². The summed E-state index contributed by atoms with van der Waals surface area (Å²) in [6, 6.07) is 9.85. The molecule has 0 heterocycles. The summed E-state index contributed by atoms with van der Waals surface area (Å²) >= 11 is 0. The van der Waals surface area contributed by atoms with Crippen molar-refractivity contribution in [1.29, 1.82) is 0 Å². The number of carbonyl (C=O) groups excluding carboxylic acids is 1. The summed E-state index contributed by atoms with van der Waals surface area (Å²) in [5, 5.41) is 2.63. The van der Waals surface area contributed by atoms with E-state index in [9.17, 15) is 26.4 Å². The lowest BCUT2D eigenvalue weighted by molar-refractivity contribution is -0.137. The van der Waals surface area contributed by atoms with Crippen molar-refractivity contribution >= 4 is 15.7 Å². The largest absolute Gasteiger partial charge is 0.484 e. The molecule has 9 heteroatoms. The highest BCUT2D eigenvalue weighted by atomic mass is 32.2. The molecule has 1 atom stereocenters. The van der Waals surface area contributed by atoms with Crippen molar-refractivity contribution in [3.8, 4) is 5.75 Å². The van der Waals surface area contributed by atoms with Gasteiger partial charge in [0.05, 0.1) is 16.5 Å². The standard InChI is InChI=1S/C18H18F3NO4S/c1-12(13-6-8-16(9-7-13)27(2,24)25)22-17(23)11-26-15-5-3-4-14(10-15)18(19,20)21/h3-10,12H,11H2,1-2H3,(H,22,23). The molecule has 1 unspecified atom stereocenters. The van der Waals surface area contributed by atoms with Crippen molar-refractivity contribution in [3.05, 3.63) is 59.7 Å². The van der Waals surface area contributed by atoms with Crippen LogP contribution in [0.3, 0.4) is 0 Å². The molecule has 5 nitrogen and oxygen atoms in total.